The first kappa shape index (κ1) is 19.4. The second-order valence-electron chi connectivity index (χ2n) is 7.38. The third-order valence-electron chi connectivity index (χ3n) is 5.30. The first-order chi connectivity index (χ1) is 14.1. The van der Waals surface area contributed by atoms with E-state index in [1.165, 1.54) is 11.6 Å². The molecule has 1 saturated heterocycles. The Hall–Kier alpha value is -2.93. The lowest BCUT2D eigenvalue weighted by Gasteiger charge is -2.29. The summed E-state index contributed by atoms with van der Waals surface area (Å²) in [5.74, 6) is 0.522. The van der Waals surface area contributed by atoms with Crippen molar-refractivity contribution in [3.8, 4) is 6.01 Å². The fraction of sp³-hybridized carbons (Fsp3) is 0.409. The summed E-state index contributed by atoms with van der Waals surface area (Å²) in [6.45, 7) is 2.82. The number of ether oxygens (including phenoxy) is 2. The van der Waals surface area contributed by atoms with Crippen molar-refractivity contribution < 1.29 is 13.9 Å². The Morgan fingerprint density at radius 2 is 2.07 bits per heavy atom. The van der Waals surface area contributed by atoms with Gasteiger partial charge in [0.15, 0.2) is 0 Å². The van der Waals surface area contributed by atoms with Crippen LogP contribution in [0.5, 0.6) is 6.01 Å². The molecule has 0 bridgehead atoms. The van der Waals surface area contributed by atoms with Gasteiger partial charge in [-0.1, -0.05) is 37.3 Å². The number of benzene rings is 1. The minimum atomic E-state index is -0.530. The van der Waals surface area contributed by atoms with Gasteiger partial charge in [0.05, 0.1) is 6.10 Å². The van der Waals surface area contributed by atoms with Gasteiger partial charge in [0, 0.05) is 12.7 Å². The molecule has 1 aliphatic rings. The number of fused-ring (bicyclic) bond motifs is 1. The molecule has 7 heteroatoms. The van der Waals surface area contributed by atoms with Crippen molar-refractivity contribution in [3.63, 3.8) is 0 Å². The van der Waals surface area contributed by atoms with Gasteiger partial charge in [-0.05, 0) is 42.7 Å². The lowest BCUT2D eigenvalue weighted by Crippen LogP contribution is -2.32. The van der Waals surface area contributed by atoms with Gasteiger partial charge < -0.3 is 13.9 Å². The minimum absolute atomic E-state index is 0.000355. The molecule has 4 rings (SSSR count). The zero-order chi connectivity index (χ0) is 20.2. The fourth-order valence-corrected chi connectivity index (χ4v) is 3.86. The van der Waals surface area contributed by atoms with Gasteiger partial charge in [-0.25, -0.2) is 4.79 Å². The first-order valence-electron chi connectivity index (χ1n) is 9.97. The van der Waals surface area contributed by atoms with Crippen molar-refractivity contribution in [2.45, 2.75) is 38.7 Å². The fourth-order valence-electron chi connectivity index (χ4n) is 3.86. The van der Waals surface area contributed by atoms with Gasteiger partial charge in [0.25, 0.3) is 11.6 Å². The highest BCUT2D eigenvalue weighted by molar-refractivity contribution is 5.75. The Morgan fingerprint density at radius 1 is 1.24 bits per heavy atom. The molecule has 0 radical (unpaired) electrons. The third kappa shape index (κ3) is 4.56. The average Bonchev–Trinajstić information content (AvgIpc) is 2.72. The second-order valence-corrected chi connectivity index (χ2v) is 7.38. The molecule has 1 aliphatic heterocycles. The Balaban J connectivity index is 1.44. The summed E-state index contributed by atoms with van der Waals surface area (Å²) in [6.07, 6.45) is 3.36. The molecule has 3 heterocycles. The molecule has 2 atom stereocenters. The zero-order valence-electron chi connectivity index (χ0n) is 16.3. The van der Waals surface area contributed by atoms with E-state index >= 15 is 0 Å². The summed E-state index contributed by atoms with van der Waals surface area (Å²) in [6, 6.07) is 11.8. The van der Waals surface area contributed by atoms with Gasteiger partial charge in [-0.3, -0.25) is 9.78 Å². The highest BCUT2D eigenvalue weighted by Crippen LogP contribution is 2.24. The van der Waals surface area contributed by atoms with Crippen LogP contribution < -0.4 is 15.9 Å². The van der Waals surface area contributed by atoms with Crippen LogP contribution in [-0.4, -0.2) is 29.3 Å². The molecular formula is C22H24N2O5. The monoisotopic (exact) mass is 396 g/mol. The number of hydrogen-bond donors (Lipinski definition) is 1. The summed E-state index contributed by atoms with van der Waals surface area (Å²) in [4.78, 5) is 30.9. The van der Waals surface area contributed by atoms with Gasteiger partial charge in [-0.15, -0.1) is 0 Å². The highest BCUT2D eigenvalue weighted by Gasteiger charge is 2.24. The smallest absolute Gasteiger partial charge is 0.337 e. The third-order valence-corrected chi connectivity index (χ3v) is 5.30. The normalized spacial score (nSPS) is 19.3. The molecular weight excluding hydrogens is 372 g/mol. The van der Waals surface area contributed by atoms with E-state index in [1.54, 1.807) is 0 Å². The van der Waals surface area contributed by atoms with Crippen LogP contribution in [-0.2, 0) is 17.6 Å². The molecule has 1 N–H and O–H groups in total. The van der Waals surface area contributed by atoms with E-state index in [-0.39, 0.29) is 35.4 Å². The summed E-state index contributed by atoms with van der Waals surface area (Å²) >= 11 is 0. The highest BCUT2D eigenvalue weighted by atomic mass is 16.5. The molecule has 152 valence electrons. The number of H-pyrrole nitrogens is 1. The van der Waals surface area contributed by atoms with Crippen molar-refractivity contribution in [1.82, 2.24) is 9.97 Å². The van der Waals surface area contributed by atoms with E-state index in [9.17, 15) is 9.59 Å². The van der Waals surface area contributed by atoms with Crippen LogP contribution >= 0.6 is 0 Å². The Labute approximate surface area is 167 Å². The maximum absolute atomic E-state index is 12.4. The van der Waals surface area contributed by atoms with Crippen LogP contribution in [0.3, 0.4) is 0 Å². The zero-order valence-corrected chi connectivity index (χ0v) is 16.3. The van der Waals surface area contributed by atoms with E-state index < -0.39 is 5.63 Å². The number of nitrogens with one attached hydrogen (secondary N) is 1. The standard InChI is InChI=1S/C22H24N2O5/c1-2-16-12-18(25)29-21-19(16)20(26)23-22(24-21)28-13-17-11-15(8-9-27-17)10-14-6-4-3-5-7-14/h3-7,12,15,17H,2,8-11,13H2,1H3,(H,23,24,26). The van der Waals surface area contributed by atoms with Crippen LogP contribution in [0, 0.1) is 5.92 Å². The number of aromatic nitrogens is 2. The lowest BCUT2D eigenvalue weighted by atomic mass is 9.89. The van der Waals surface area contributed by atoms with Crippen molar-refractivity contribution >= 4 is 11.1 Å². The molecule has 1 aromatic carbocycles. The van der Waals surface area contributed by atoms with Crippen molar-refractivity contribution in [3.05, 3.63) is 68.3 Å². The van der Waals surface area contributed by atoms with Crippen LogP contribution in [0.4, 0.5) is 0 Å². The molecule has 2 aromatic heterocycles. The number of nitrogens with zero attached hydrogens (tertiary/aromatic N) is 1. The molecule has 7 nitrogen and oxygen atoms in total. The number of hydrogen-bond acceptors (Lipinski definition) is 6. The molecule has 2 unspecified atom stereocenters. The maximum Gasteiger partial charge on any atom is 0.337 e. The average molecular weight is 396 g/mol. The number of rotatable bonds is 6. The molecule has 29 heavy (non-hydrogen) atoms. The maximum atomic E-state index is 12.4. The molecule has 1 fully saturated rings. The summed E-state index contributed by atoms with van der Waals surface area (Å²) in [5.41, 5.74) is 1.02. The summed E-state index contributed by atoms with van der Waals surface area (Å²) < 4.78 is 16.6. The van der Waals surface area contributed by atoms with Crippen LogP contribution in [0.1, 0.15) is 30.9 Å². The van der Waals surface area contributed by atoms with E-state index in [0.29, 0.717) is 24.5 Å². The molecule has 0 spiro atoms. The summed E-state index contributed by atoms with van der Waals surface area (Å²) in [5, 5.41) is 0.288. The van der Waals surface area contributed by atoms with Gasteiger partial charge in [0.1, 0.15) is 12.0 Å². The van der Waals surface area contributed by atoms with Gasteiger partial charge >= 0.3 is 5.63 Å². The molecule has 0 aliphatic carbocycles. The Kier molecular flexibility index (Phi) is 5.76. The molecule has 0 amide bonds. The molecule has 0 saturated carbocycles. The molecule has 3 aromatic rings. The largest absolute Gasteiger partial charge is 0.462 e. The van der Waals surface area contributed by atoms with Crippen LogP contribution in [0.25, 0.3) is 11.1 Å². The van der Waals surface area contributed by atoms with E-state index in [1.807, 2.05) is 13.0 Å². The van der Waals surface area contributed by atoms with Crippen LogP contribution in [0.15, 0.2) is 50.4 Å². The van der Waals surface area contributed by atoms with E-state index in [4.69, 9.17) is 13.9 Å². The van der Waals surface area contributed by atoms with Crippen molar-refractivity contribution in [1.29, 1.82) is 0 Å². The van der Waals surface area contributed by atoms with E-state index in [2.05, 4.69) is 34.2 Å². The number of aryl methyl sites for hydroxylation is 1. The van der Waals surface area contributed by atoms with Gasteiger partial charge in [0.2, 0.25) is 5.71 Å². The van der Waals surface area contributed by atoms with Crippen molar-refractivity contribution in [2.24, 2.45) is 5.92 Å². The Bertz CT molecular complexity index is 1090. The second kappa shape index (κ2) is 8.61. The van der Waals surface area contributed by atoms with E-state index in [0.717, 1.165) is 19.3 Å². The quantitative estimate of drug-likeness (QED) is 0.689. The summed E-state index contributed by atoms with van der Waals surface area (Å²) in [7, 11) is 0. The lowest BCUT2D eigenvalue weighted by molar-refractivity contribution is -0.0335. The first-order valence-corrected chi connectivity index (χ1v) is 9.97. The van der Waals surface area contributed by atoms with Crippen LogP contribution in [0.2, 0.25) is 0 Å². The predicted octanol–water partition coefficient (Wildman–Crippen LogP) is 2.86. The topological polar surface area (TPSA) is 94.4 Å². The number of aromatic amines is 1. The minimum Gasteiger partial charge on any atom is -0.462 e. The van der Waals surface area contributed by atoms with Crippen molar-refractivity contribution in [2.75, 3.05) is 13.2 Å². The SMILES string of the molecule is CCc1cc(=O)oc2nc(OCC3CC(Cc4ccccc4)CCO3)[nH]c(=O)c12. The Morgan fingerprint density at radius 3 is 2.86 bits per heavy atom. The predicted molar refractivity (Wildman–Crippen MR) is 108 cm³/mol. The van der Waals surface area contributed by atoms with Gasteiger partial charge in [-0.2, -0.15) is 4.98 Å².